The SMILES string of the molecule is CC(C)CC(c1ccc(C(N)=O)nc1)n1ncc2cc(-c3ccc(C(F)(F)F)cc3)ccc21. The van der Waals surface area contributed by atoms with Crippen molar-refractivity contribution >= 4 is 16.8 Å². The van der Waals surface area contributed by atoms with Gasteiger partial charge in [-0.3, -0.25) is 14.5 Å². The first-order chi connectivity index (χ1) is 15.6. The van der Waals surface area contributed by atoms with Crippen LogP contribution in [0.25, 0.3) is 22.0 Å². The van der Waals surface area contributed by atoms with E-state index in [0.29, 0.717) is 11.5 Å². The van der Waals surface area contributed by atoms with Crippen molar-refractivity contribution in [3.8, 4) is 11.1 Å². The maximum Gasteiger partial charge on any atom is 0.416 e. The van der Waals surface area contributed by atoms with Crippen molar-refractivity contribution in [3.05, 3.63) is 83.8 Å². The quantitative estimate of drug-likeness (QED) is 0.399. The molecule has 2 aromatic heterocycles. The van der Waals surface area contributed by atoms with E-state index in [0.717, 1.165) is 40.6 Å². The van der Waals surface area contributed by atoms with Gasteiger partial charge in [0, 0.05) is 11.6 Å². The third kappa shape index (κ3) is 4.74. The molecule has 0 fully saturated rings. The van der Waals surface area contributed by atoms with Crippen LogP contribution in [0.1, 0.15) is 47.9 Å². The Morgan fingerprint density at radius 2 is 1.70 bits per heavy atom. The summed E-state index contributed by atoms with van der Waals surface area (Å²) in [4.78, 5) is 15.5. The Balaban J connectivity index is 1.70. The van der Waals surface area contributed by atoms with Gasteiger partial charge in [-0.15, -0.1) is 0 Å². The molecule has 0 saturated carbocycles. The molecule has 33 heavy (non-hydrogen) atoms. The molecule has 0 radical (unpaired) electrons. The number of nitrogens with two attached hydrogens (primary N) is 1. The number of aromatic nitrogens is 3. The lowest BCUT2D eigenvalue weighted by molar-refractivity contribution is -0.137. The number of carbonyl (C=O) groups excluding carboxylic acids is 1. The fraction of sp³-hybridized carbons (Fsp3) is 0.240. The molecule has 0 aliphatic carbocycles. The van der Waals surface area contributed by atoms with E-state index in [2.05, 4.69) is 23.9 Å². The van der Waals surface area contributed by atoms with Gasteiger partial charge in [-0.2, -0.15) is 18.3 Å². The van der Waals surface area contributed by atoms with E-state index < -0.39 is 17.6 Å². The van der Waals surface area contributed by atoms with Gasteiger partial charge < -0.3 is 5.73 Å². The first-order valence-corrected chi connectivity index (χ1v) is 10.5. The van der Waals surface area contributed by atoms with Gasteiger partial charge in [0.25, 0.3) is 5.91 Å². The van der Waals surface area contributed by atoms with Gasteiger partial charge >= 0.3 is 6.18 Å². The van der Waals surface area contributed by atoms with Crippen LogP contribution in [-0.4, -0.2) is 20.7 Å². The topological polar surface area (TPSA) is 73.8 Å². The van der Waals surface area contributed by atoms with E-state index in [1.54, 1.807) is 18.5 Å². The van der Waals surface area contributed by atoms with Crippen molar-refractivity contribution in [3.63, 3.8) is 0 Å². The fourth-order valence-electron chi connectivity index (χ4n) is 3.90. The Morgan fingerprint density at radius 3 is 2.27 bits per heavy atom. The number of rotatable bonds is 6. The molecule has 0 aliphatic rings. The number of primary amides is 1. The van der Waals surface area contributed by atoms with Crippen LogP contribution in [0.5, 0.6) is 0 Å². The molecule has 0 aliphatic heterocycles. The molecule has 1 unspecified atom stereocenters. The summed E-state index contributed by atoms with van der Waals surface area (Å²) in [5, 5.41) is 5.49. The lowest BCUT2D eigenvalue weighted by Crippen LogP contribution is -2.17. The summed E-state index contributed by atoms with van der Waals surface area (Å²) in [5.74, 6) is -0.209. The summed E-state index contributed by atoms with van der Waals surface area (Å²) in [6.07, 6.45) is -0.159. The summed E-state index contributed by atoms with van der Waals surface area (Å²) < 4.78 is 40.5. The third-order valence-corrected chi connectivity index (χ3v) is 5.55. The highest BCUT2D eigenvalue weighted by atomic mass is 19.4. The smallest absolute Gasteiger partial charge is 0.364 e. The average Bonchev–Trinajstić information content (AvgIpc) is 3.20. The van der Waals surface area contributed by atoms with Crippen molar-refractivity contribution < 1.29 is 18.0 Å². The van der Waals surface area contributed by atoms with E-state index in [1.807, 2.05) is 28.9 Å². The maximum absolute atomic E-state index is 12.9. The lowest BCUT2D eigenvalue weighted by Gasteiger charge is -2.21. The van der Waals surface area contributed by atoms with Gasteiger partial charge in [0.15, 0.2) is 0 Å². The number of halogens is 3. The number of nitrogens with zero attached hydrogens (tertiary/aromatic N) is 3. The molecule has 2 aromatic carbocycles. The Bertz CT molecular complexity index is 1280. The summed E-state index contributed by atoms with van der Waals surface area (Å²) in [6, 6.07) is 14.2. The van der Waals surface area contributed by atoms with E-state index in [9.17, 15) is 18.0 Å². The maximum atomic E-state index is 12.9. The van der Waals surface area contributed by atoms with Crippen LogP contribution in [0.3, 0.4) is 0 Å². The summed E-state index contributed by atoms with van der Waals surface area (Å²) in [7, 11) is 0. The Kier molecular flexibility index (Phi) is 5.93. The largest absolute Gasteiger partial charge is 0.416 e. The van der Waals surface area contributed by atoms with Crippen LogP contribution in [0.2, 0.25) is 0 Å². The van der Waals surface area contributed by atoms with Crippen molar-refractivity contribution in [2.24, 2.45) is 11.7 Å². The van der Waals surface area contributed by atoms with Crippen LogP contribution in [0.4, 0.5) is 13.2 Å². The van der Waals surface area contributed by atoms with Crippen LogP contribution in [0, 0.1) is 5.92 Å². The van der Waals surface area contributed by atoms with Crippen LogP contribution < -0.4 is 5.73 Å². The minimum Gasteiger partial charge on any atom is -0.364 e. The van der Waals surface area contributed by atoms with Gasteiger partial charge in [0.05, 0.1) is 23.3 Å². The van der Waals surface area contributed by atoms with Crippen molar-refractivity contribution in [1.82, 2.24) is 14.8 Å². The predicted octanol–water partition coefficient (Wildman–Crippen LogP) is 5.85. The minimum atomic E-state index is -4.36. The second-order valence-corrected chi connectivity index (χ2v) is 8.42. The summed E-state index contributed by atoms with van der Waals surface area (Å²) in [5.41, 5.74) is 8.15. The number of amides is 1. The summed E-state index contributed by atoms with van der Waals surface area (Å²) >= 11 is 0. The summed E-state index contributed by atoms with van der Waals surface area (Å²) in [6.45, 7) is 4.24. The first-order valence-electron chi connectivity index (χ1n) is 10.5. The standard InChI is InChI=1S/C25H23F3N4O/c1-15(2)11-23(18-5-9-21(24(29)33)30-13-18)32-22-10-6-17(12-19(22)14-31-32)16-3-7-20(8-4-16)25(26,27)28/h3-10,12-15,23H,11H2,1-2H3,(H2,29,33). The van der Waals surface area contributed by atoms with Crippen LogP contribution >= 0.6 is 0 Å². The zero-order valence-corrected chi connectivity index (χ0v) is 18.2. The number of benzene rings is 2. The van der Waals surface area contributed by atoms with E-state index in [4.69, 9.17) is 5.73 Å². The molecule has 1 atom stereocenters. The second kappa shape index (κ2) is 8.69. The number of pyridine rings is 1. The van der Waals surface area contributed by atoms with E-state index in [-0.39, 0.29) is 11.7 Å². The monoisotopic (exact) mass is 452 g/mol. The number of carbonyl (C=O) groups is 1. The highest BCUT2D eigenvalue weighted by Crippen LogP contribution is 2.33. The minimum absolute atomic E-state index is 0.103. The number of hydrogen-bond acceptors (Lipinski definition) is 3. The fourth-order valence-corrected chi connectivity index (χ4v) is 3.90. The average molecular weight is 452 g/mol. The molecule has 170 valence electrons. The van der Waals surface area contributed by atoms with Gasteiger partial charge in [-0.05, 0) is 59.4 Å². The van der Waals surface area contributed by atoms with Gasteiger partial charge in [-0.25, -0.2) is 0 Å². The Morgan fingerprint density at radius 1 is 1.00 bits per heavy atom. The van der Waals surface area contributed by atoms with Gasteiger partial charge in [-0.1, -0.05) is 38.1 Å². The van der Waals surface area contributed by atoms with Crippen LogP contribution in [-0.2, 0) is 6.18 Å². The molecule has 4 aromatic rings. The molecule has 0 spiro atoms. The predicted molar refractivity (Wildman–Crippen MR) is 121 cm³/mol. The molecular weight excluding hydrogens is 429 g/mol. The Labute approximate surface area is 189 Å². The number of alkyl halides is 3. The molecule has 0 saturated heterocycles. The van der Waals surface area contributed by atoms with Crippen molar-refractivity contribution in [2.75, 3.05) is 0 Å². The molecule has 2 N–H and O–H groups in total. The Hall–Kier alpha value is -3.68. The van der Waals surface area contributed by atoms with Crippen LogP contribution in [0.15, 0.2) is 67.0 Å². The molecule has 8 heteroatoms. The van der Waals surface area contributed by atoms with Crippen molar-refractivity contribution in [1.29, 1.82) is 0 Å². The highest BCUT2D eigenvalue weighted by Gasteiger charge is 2.30. The molecule has 5 nitrogen and oxygen atoms in total. The van der Waals surface area contributed by atoms with Gasteiger partial charge in [0.1, 0.15) is 5.69 Å². The van der Waals surface area contributed by atoms with E-state index >= 15 is 0 Å². The third-order valence-electron chi connectivity index (χ3n) is 5.55. The highest BCUT2D eigenvalue weighted by molar-refractivity contribution is 5.90. The molecule has 1 amide bonds. The van der Waals surface area contributed by atoms with Gasteiger partial charge in [0.2, 0.25) is 0 Å². The lowest BCUT2D eigenvalue weighted by atomic mass is 9.97. The zero-order valence-electron chi connectivity index (χ0n) is 18.2. The van der Waals surface area contributed by atoms with E-state index in [1.165, 1.54) is 12.1 Å². The first kappa shape index (κ1) is 22.5. The number of fused-ring (bicyclic) bond motifs is 1. The number of hydrogen-bond donors (Lipinski definition) is 1. The molecule has 0 bridgehead atoms. The molecule has 2 heterocycles. The normalized spacial score (nSPS) is 12.9. The zero-order chi connectivity index (χ0) is 23.8. The molecular formula is C25H23F3N4O. The molecule has 4 rings (SSSR count). The second-order valence-electron chi connectivity index (χ2n) is 8.42. The van der Waals surface area contributed by atoms with Crippen molar-refractivity contribution in [2.45, 2.75) is 32.5 Å².